The molecule has 10 nitrogen and oxygen atoms in total. The molecule has 0 unspecified atom stereocenters. The number of rotatable bonds is 8. The van der Waals surface area contributed by atoms with Gasteiger partial charge in [-0.3, -0.25) is 29.4 Å². The summed E-state index contributed by atoms with van der Waals surface area (Å²) >= 11 is 0.817. The van der Waals surface area contributed by atoms with Crippen molar-refractivity contribution in [2.75, 3.05) is 27.3 Å². The van der Waals surface area contributed by atoms with Gasteiger partial charge in [0.05, 0.1) is 24.0 Å². The largest absolute Gasteiger partial charge is 0.497 e. The second-order valence-corrected chi connectivity index (χ2v) is 7.50. The fourth-order valence-corrected chi connectivity index (χ4v) is 3.77. The standard InChI is InChI=1S/C21H19N3O7S/c1-30-15-6-3-13(4-7-15)11-18-20(26)23(21(27)32-18)10-9-22-19(25)14-5-8-17(31-2)16(12-14)24(28)29/h3-8,11-12H,9-10H2,1-2H3,(H,22,25). The van der Waals surface area contributed by atoms with E-state index in [0.717, 1.165) is 28.3 Å². The molecular formula is C21H19N3O7S. The number of methoxy groups -OCH3 is 2. The minimum Gasteiger partial charge on any atom is -0.497 e. The van der Waals surface area contributed by atoms with Crippen LogP contribution in [0.1, 0.15) is 15.9 Å². The van der Waals surface area contributed by atoms with Gasteiger partial charge < -0.3 is 14.8 Å². The monoisotopic (exact) mass is 457 g/mol. The molecule has 11 heteroatoms. The smallest absolute Gasteiger partial charge is 0.311 e. The zero-order valence-corrected chi connectivity index (χ0v) is 18.0. The Morgan fingerprint density at radius 3 is 2.50 bits per heavy atom. The summed E-state index contributed by atoms with van der Waals surface area (Å²) in [5.74, 6) is -0.317. The average Bonchev–Trinajstić information content (AvgIpc) is 3.06. The minimum atomic E-state index is -0.648. The lowest BCUT2D eigenvalue weighted by molar-refractivity contribution is -0.385. The predicted octanol–water partition coefficient (Wildman–Crippen LogP) is 3.08. The number of thioether (sulfide) groups is 1. The number of carbonyl (C=O) groups is 3. The molecule has 1 saturated heterocycles. The molecule has 0 atom stereocenters. The quantitative estimate of drug-likeness (QED) is 0.364. The van der Waals surface area contributed by atoms with Crippen LogP contribution in [0.15, 0.2) is 47.4 Å². The van der Waals surface area contributed by atoms with Crippen LogP contribution >= 0.6 is 11.8 Å². The maximum Gasteiger partial charge on any atom is 0.311 e. The highest BCUT2D eigenvalue weighted by atomic mass is 32.2. The van der Waals surface area contributed by atoms with Gasteiger partial charge in [0.2, 0.25) is 0 Å². The van der Waals surface area contributed by atoms with Gasteiger partial charge in [0.1, 0.15) is 5.75 Å². The Labute approximate surface area is 187 Å². The lowest BCUT2D eigenvalue weighted by Gasteiger charge is -2.13. The Hall–Kier alpha value is -3.86. The molecule has 32 heavy (non-hydrogen) atoms. The number of nitro groups is 1. The number of nitro benzene ring substituents is 1. The van der Waals surface area contributed by atoms with Crippen LogP contribution in [0.3, 0.4) is 0 Å². The van der Waals surface area contributed by atoms with Crippen LogP contribution in [0.2, 0.25) is 0 Å². The van der Waals surface area contributed by atoms with Crippen molar-refractivity contribution in [1.29, 1.82) is 0 Å². The van der Waals surface area contributed by atoms with E-state index in [9.17, 15) is 24.5 Å². The molecule has 1 heterocycles. The molecule has 0 aliphatic carbocycles. The summed E-state index contributed by atoms with van der Waals surface area (Å²) in [5.41, 5.74) is 0.464. The number of nitrogens with zero attached hydrogens (tertiary/aromatic N) is 2. The van der Waals surface area contributed by atoms with Crippen molar-refractivity contribution in [3.05, 3.63) is 68.6 Å². The molecule has 0 spiro atoms. The first-order valence-corrected chi connectivity index (χ1v) is 10.2. The summed E-state index contributed by atoms with van der Waals surface area (Å²) in [6.07, 6.45) is 1.61. The topological polar surface area (TPSA) is 128 Å². The molecule has 2 aromatic carbocycles. The third kappa shape index (κ3) is 5.06. The van der Waals surface area contributed by atoms with Crippen LogP contribution in [-0.2, 0) is 4.79 Å². The van der Waals surface area contributed by atoms with E-state index in [2.05, 4.69) is 5.32 Å². The maximum absolute atomic E-state index is 12.6. The first-order valence-electron chi connectivity index (χ1n) is 9.34. The molecule has 1 fully saturated rings. The first-order chi connectivity index (χ1) is 15.3. The Bertz CT molecular complexity index is 1100. The predicted molar refractivity (Wildman–Crippen MR) is 118 cm³/mol. The van der Waals surface area contributed by atoms with E-state index < -0.39 is 22.0 Å². The van der Waals surface area contributed by atoms with Crippen LogP contribution < -0.4 is 14.8 Å². The Morgan fingerprint density at radius 1 is 1.16 bits per heavy atom. The molecule has 2 aromatic rings. The third-order valence-electron chi connectivity index (χ3n) is 4.55. The molecule has 3 rings (SSSR count). The number of benzene rings is 2. The van der Waals surface area contributed by atoms with Gasteiger partial charge in [0.15, 0.2) is 5.75 Å². The number of ether oxygens (including phenoxy) is 2. The van der Waals surface area contributed by atoms with Crippen molar-refractivity contribution in [3.63, 3.8) is 0 Å². The summed E-state index contributed by atoms with van der Waals surface area (Å²) < 4.78 is 10.00. The second-order valence-electron chi connectivity index (χ2n) is 6.51. The van der Waals surface area contributed by atoms with Gasteiger partial charge in [-0.05, 0) is 47.7 Å². The van der Waals surface area contributed by atoms with Gasteiger partial charge in [-0.1, -0.05) is 12.1 Å². The average molecular weight is 457 g/mol. The number of carbonyl (C=O) groups excluding carboxylic acids is 3. The van der Waals surface area contributed by atoms with Gasteiger partial charge >= 0.3 is 5.69 Å². The summed E-state index contributed by atoms with van der Waals surface area (Å²) in [6.45, 7) is -0.0406. The molecule has 0 aromatic heterocycles. The summed E-state index contributed by atoms with van der Waals surface area (Å²) in [7, 11) is 2.84. The maximum atomic E-state index is 12.6. The minimum absolute atomic E-state index is 0.00742. The van der Waals surface area contributed by atoms with E-state index in [1.807, 2.05) is 0 Å². The van der Waals surface area contributed by atoms with Crippen LogP contribution in [0.25, 0.3) is 6.08 Å². The van der Waals surface area contributed by atoms with Crippen LogP contribution in [0, 0.1) is 10.1 Å². The molecular weight excluding hydrogens is 438 g/mol. The summed E-state index contributed by atoms with van der Waals surface area (Å²) in [4.78, 5) is 48.9. The fraction of sp³-hybridized carbons (Fsp3) is 0.190. The molecule has 1 N–H and O–H groups in total. The number of amides is 3. The van der Waals surface area contributed by atoms with Crippen LogP contribution in [0.4, 0.5) is 10.5 Å². The summed E-state index contributed by atoms with van der Waals surface area (Å²) in [5, 5.41) is 13.2. The highest BCUT2D eigenvalue weighted by Crippen LogP contribution is 2.32. The van der Waals surface area contributed by atoms with E-state index in [4.69, 9.17) is 9.47 Å². The highest BCUT2D eigenvalue weighted by molar-refractivity contribution is 8.18. The molecule has 1 aliphatic rings. The molecule has 3 amide bonds. The highest BCUT2D eigenvalue weighted by Gasteiger charge is 2.34. The Kier molecular flexibility index (Phi) is 7.11. The number of nitrogens with one attached hydrogen (secondary N) is 1. The lowest BCUT2D eigenvalue weighted by atomic mass is 10.1. The second kappa shape index (κ2) is 9.96. The van der Waals surface area contributed by atoms with Crippen molar-refractivity contribution in [2.45, 2.75) is 0 Å². The molecule has 1 aliphatic heterocycles. The van der Waals surface area contributed by atoms with Gasteiger partial charge in [0, 0.05) is 24.7 Å². The Morgan fingerprint density at radius 2 is 1.88 bits per heavy atom. The van der Waals surface area contributed by atoms with E-state index >= 15 is 0 Å². The normalized spacial score (nSPS) is 14.6. The molecule has 166 valence electrons. The van der Waals surface area contributed by atoms with Crippen LogP contribution in [0.5, 0.6) is 11.5 Å². The van der Waals surface area contributed by atoms with Crippen molar-refractivity contribution in [2.24, 2.45) is 0 Å². The van der Waals surface area contributed by atoms with Crippen molar-refractivity contribution in [3.8, 4) is 11.5 Å². The van der Waals surface area contributed by atoms with Gasteiger partial charge in [-0.2, -0.15) is 0 Å². The van der Waals surface area contributed by atoms with E-state index in [0.29, 0.717) is 5.75 Å². The third-order valence-corrected chi connectivity index (χ3v) is 5.45. The SMILES string of the molecule is COc1ccc(C=C2SC(=O)N(CCNC(=O)c3ccc(OC)c([N+](=O)[O-])c3)C2=O)cc1. The van der Waals surface area contributed by atoms with Gasteiger partial charge in [0.25, 0.3) is 17.1 Å². The first kappa shape index (κ1) is 22.8. The van der Waals surface area contributed by atoms with Gasteiger partial charge in [-0.25, -0.2) is 0 Å². The number of hydrogen-bond donors (Lipinski definition) is 1. The molecule has 0 bridgehead atoms. The number of hydrogen-bond acceptors (Lipinski definition) is 8. The van der Waals surface area contributed by atoms with Gasteiger partial charge in [-0.15, -0.1) is 0 Å². The van der Waals surface area contributed by atoms with E-state index in [1.54, 1.807) is 37.5 Å². The van der Waals surface area contributed by atoms with Crippen LogP contribution in [-0.4, -0.2) is 54.2 Å². The zero-order valence-electron chi connectivity index (χ0n) is 17.2. The van der Waals surface area contributed by atoms with Crippen molar-refractivity contribution >= 4 is 40.6 Å². The van der Waals surface area contributed by atoms with Crippen molar-refractivity contribution < 1.29 is 28.8 Å². The fourth-order valence-electron chi connectivity index (χ4n) is 2.90. The van der Waals surface area contributed by atoms with E-state index in [-0.39, 0.29) is 35.0 Å². The lowest BCUT2D eigenvalue weighted by Crippen LogP contribution is -2.37. The summed E-state index contributed by atoms with van der Waals surface area (Å²) in [6, 6.07) is 10.8. The van der Waals surface area contributed by atoms with E-state index in [1.165, 1.54) is 19.2 Å². The molecule has 0 radical (unpaired) electrons. The van der Waals surface area contributed by atoms with Crippen molar-refractivity contribution in [1.82, 2.24) is 10.2 Å². The number of imide groups is 1. The Balaban J connectivity index is 1.61. The molecule has 0 saturated carbocycles. The zero-order chi connectivity index (χ0) is 23.3.